The van der Waals surface area contributed by atoms with Crippen LogP contribution in [0, 0.1) is 25.5 Å². The Balaban J connectivity index is 1.81. The third kappa shape index (κ3) is 3.23. The second-order valence-corrected chi connectivity index (χ2v) is 5.43. The first kappa shape index (κ1) is 15.2. The molecule has 2 aromatic rings. The fourth-order valence-electron chi connectivity index (χ4n) is 2.64. The first-order valence-corrected chi connectivity index (χ1v) is 7.23. The average Bonchev–Trinajstić information content (AvgIpc) is 2.50. The van der Waals surface area contributed by atoms with Crippen LogP contribution in [0.3, 0.4) is 0 Å². The van der Waals surface area contributed by atoms with Crippen molar-refractivity contribution in [1.29, 1.82) is 0 Å². The Morgan fingerprint density at radius 1 is 1.09 bits per heavy atom. The maximum atomic E-state index is 13.7. The normalized spacial score (nSPS) is 13.9. The summed E-state index contributed by atoms with van der Waals surface area (Å²) in [4.78, 5) is 9.63. The van der Waals surface area contributed by atoms with Crippen molar-refractivity contribution in [3.05, 3.63) is 70.9 Å². The molecule has 2 aromatic carbocycles. The highest BCUT2D eigenvalue weighted by atomic mass is 19.1. The number of hydrogen-bond acceptors (Lipinski definition) is 3. The Morgan fingerprint density at radius 2 is 1.83 bits per heavy atom. The lowest BCUT2D eigenvalue weighted by molar-refractivity contribution is 0.0336. The van der Waals surface area contributed by atoms with E-state index in [9.17, 15) is 8.78 Å². The summed E-state index contributed by atoms with van der Waals surface area (Å²) in [6, 6.07) is 9.28. The lowest BCUT2D eigenvalue weighted by atomic mass is 9.96. The Bertz CT molecular complexity index is 779. The highest BCUT2D eigenvalue weighted by Crippen LogP contribution is 2.26. The molecule has 0 fully saturated rings. The summed E-state index contributed by atoms with van der Waals surface area (Å²) in [5, 5.41) is 1.43. The Kier molecular flexibility index (Phi) is 4.10. The molecule has 3 rings (SSSR count). The molecule has 0 radical (unpaired) electrons. The van der Waals surface area contributed by atoms with Crippen molar-refractivity contribution >= 4 is 11.9 Å². The van der Waals surface area contributed by atoms with E-state index in [1.807, 2.05) is 32.0 Å². The third-order valence-corrected chi connectivity index (χ3v) is 3.66. The molecular formula is C18H16F2N2O. The largest absolute Gasteiger partial charge is 0.375 e. The lowest BCUT2D eigenvalue weighted by Gasteiger charge is -2.25. The van der Waals surface area contributed by atoms with Gasteiger partial charge in [-0.2, -0.15) is 5.06 Å². The number of benzene rings is 2. The van der Waals surface area contributed by atoms with Crippen LogP contribution >= 0.6 is 0 Å². The molecule has 0 aliphatic carbocycles. The van der Waals surface area contributed by atoms with Crippen molar-refractivity contribution < 1.29 is 13.6 Å². The molecule has 0 saturated carbocycles. The molecule has 1 heterocycles. The highest BCUT2D eigenvalue weighted by molar-refractivity contribution is 5.76. The minimum absolute atomic E-state index is 0.0411. The van der Waals surface area contributed by atoms with Gasteiger partial charge in [0, 0.05) is 17.8 Å². The van der Waals surface area contributed by atoms with E-state index in [-0.39, 0.29) is 5.75 Å². The summed E-state index contributed by atoms with van der Waals surface area (Å²) >= 11 is 0. The second-order valence-electron chi connectivity index (χ2n) is 5.43. The van der Waals surface area contributed by atoms with E-state index in [2.05, 4.69) is 4.99 Å². The van der Waals surface area contributed by atoms with Crippen LogP contribution in [0.15, 0.2) is 47.6 Å². The first-order valence-electron chi connectivity index (χ1n) is 7.23. The summed E-state index contributed by atoms with van der Waals surface area (Å²) in [7, 11) is 0. The van der Waals surface area contributed by atoms with Crippen molar-refractivity contribution in [3.63, 3.8) is 0 Å². The van der Waals surface area contributed by atoms with Crippen LogP contribution in [-0.2, 0) is 0 Å². The SMILES string of the molecule is Cc1cccc(C)c1C1=CN=CN(Oc2ccc(F)cc2F)C1. The summed E-state index contributed by atoms with van der Waals surface area (Å²) < 4.78 is 26.7. The standard InChI is InChI=1S/C18H16F2N2O/c1-12-4-3-5-13(2)18(12)14-9-21-11-22(10-14)23-17-7-6-15(19)8-16(17)20/h3-9,11H,10H2,1-2H3. The van der Waals surface area contributed by atoms with Crippen LogP contribution in [0.4, 0.5) is 8.78 Å². The topological polar surface area (TPSA) is 24.8 Å². The fraction of sp³-hybridized carbons (Fsp3) is 0.167. The Hall–Kier alpha value is -2.69. The molecule has 0 atom stereocenters. The smallest absolute Gasteiger partial charge is 0.191 e. The van der Waals surface area contributed by atoms with Gasteiger partial charge in [0.05, 0.1) is 6.54 Å². The van der Waals surface area contributed by atoms with Crippen LogP contribution in [0.1, 0.15) is 16.7 Å². The molecule has 118 valence electrons. The van der Waals surface area contributed by atoms with E-state index in [1.165, 1.54) is 17.5 Å². The van der Waals surface area contributed by atoms with Gasteiger partial charge in [-0.05, 0) is 42.7 Å². The van der Waals surface area contributed by atoms with Gasteiger partial charge in [0.15, 0.2) is 11.6 Å². The van der Waals surface area contributed by atoms with Crippen LogP contribution in [-0.4, -0.2) is 17.9 Å². The van der Waals surface area contributed by atoms with E-state index in [4.69, 9.17) is 4.84 Å². The molecule has 0 amide bonds. The highest BCUT2D eigenvalue weighted by Gasteiger charge is 2.17. The predicted molar refractivity (Wildman–Crippen MR) is 86.1 cm³/mol. The number of hydroxylamine groups is 2. The Labute approximate surface area is 133 Å². The van der Waals surface area contributed by atoms with Gasteiger partial charge < -0.3 is 4.84 Å². The molecule has 0 aromatic heterocycles. The molecule has 0 spiro atoms. The van der Waals surface area contributed by atoms with E-state index in [1.54, 1.807) is 6.20 Å². The third-order valence-electron chi connectivity index (χ3n) is 3.66. The number of rotatable bonds is 3. The van der Waals surface area contributed by atoms with Crippen molar-refractivity contribution in [3.8, 4) is 5.75 Å². The van der Waals surface area contributed by atoms with Gasteiger partial charge in [0.2, 0.25) is 0 Å². The van der Waals surface area contributed by atoms with Gasteiger partial charge in [-0.25, -0.2) is 13.8 Å². The average molecular weight is 314 g/mol. The van der Waals surface area contributed by atoms with Crippen LogP contribution in [0.2, 0.25) is 0 Å². The summed E-state index contributed by atoms with van der Waals surface area (Å²) in [6.45, 7) is 4.49. The first-order chi connectivity index (χ1) is 11.0. The van der Waals surface area contributed by atoms with Gasteiger partial charge in [0.25, 0.3) is 0 Å². The van der Waals surface area contributed by atoms with Crippen molar-refractivity contribution in [1.82, 2.24) is 5.06 Å². The molecular weight excluding hydrogens is 298 g/mol. The van der Waals surface area contributed by atoms with Gasteiger partial charge in [0.1, 0.15) is 12.2 Å². The summed E-state index contributed by atoms with van der Waals surface area (Å²) in [6.07, 6.45) is 3.25. The molecule has 1 aliphatic heterocycles. The monoisotopic (exact) mass is 314 g/mol. The Morgan fingerprint density at radius 3 is 2.52 bits per heavy atom. The van der Waals surface area contributed by atoms with Crippen LogP contribution < -0.4 is 4.84 Å². The van der Waals surface area contributed by atoms with Gasteiger partial charge >= 0.3 is 0 Å². The number of nitrogens with zero attached hydrogens (tertiary/aromatic N) is 2. The molecule has 23 heavy (non-hydrogen) atoms. The summed E-state index contributed by atoms with van der Waals surface area (Å²) in [5.74, 6) is -1.43. The van der Waals surface area contributed by atoms with Crippen LogP contribution in [0.25, 0.3) is 5.57 Å². The van der Waals surface area contributed by atoms with Gasteiger partial charge in [-0.1, -0.05) is 18.2 Å². The molecule has 0 saturated heterocycles. The second kappa shape index (κ2) is 6.20. The molecule has 0 unspecified atom stereocenters. The quantitative estimate of drug-likeness (QED) is 0.845. The maximum absolute atomic E-state index is 13.7. The minimum Gasteiger partial charge on any atom is -0.375 e. The zero-order valence-electron chi connectivity index (χ0n) is 12.9. The van der Waals surface area contributed by atoms with E-state index in [0.717, 1.165) is 34.4 Å². The molecule has 3 nitrogen and oxygen atoms in total. The maximum Gasteiger partial charge on any atom is 0.191 e. The van der Waals surface area contributed by atoms with Crippen LogP contribution in [0.5, 0.6) is 5.75 Å². The molecule has 5 heteroatoms. The zero-order valence-corrected chi connectivity index (χ0v) is 12.9. The van der Waals surface area contributed by atoms with E-state index in [0.29, 0.717) is 6.54 Å². The number of halogens is 2. The van der Waals surface area contributed by atoms with E-state index < -0.39 is 11.6 Å². The van der Waals surface area contributed by atoms with Crippen molar-refractivity contribution in [2.75, 3.05) is 6.54 Å². The molecule has 0 N–H and O–H groups in total. The molecule has 1 aliphatic rings. The number of aryl methyl sites for hydroxylation is 2. The zero-order chi connectivity index (χ0) is 16.4. The predicted octanol–water partition coefficient (Wildman–Crippen LogP) is 4.26. The number of aliphatic imine (C=N–C) groups is 1. The number of hydrogen-bond donors (Lipinski definition) is 0. The van der Waals surface area contributed by atoms with Crippen molar-refractivity contribution in [2.45, 2.75) is 13.8 Å². The van der Waals surface area contributed by atoms with Gasteiger partial charge in [-0.15, -0.1) is 0 Å². The molecule has 0 bridgehead atoms. The lowest BCUT2D eigenvalue weighted by Crippen LogP contribution is -2.30. The minimum atomic E-state index is -0.749. The van der Waals surface area contributed by atoms with E-state index >= 15 is 0 Å². The summed E-state index contributed by atoms with van der Waals surface area (Å²) in [5.41, 5.74) is 4.37. The fourth-order valence-corrected chi connectivity index (χ4v) is 2.64. The van der Waals surface area contributed by atoms with Crippen molar-refractivity contribution in [2.24, 2.45) is 4.99 Å². The van der Waals surface area contributed by atoms with Gasteiger partial charge in [-0.3, -0.25) is 0 Å².